The van der Waals surface area contributed by atoms with Crippen molar-refractivity contribution in [2.75, 3.05) is 31.6 Å². The Morgan fingerprint density at radius 2 is 1.89 bits per heavy atom. The Balaban J connectivity index is 2.02. The number of aliphatic imine (C=N–C) groups is 1. The molecule has 0 spiro atoms. The molecule has 4 nitrogen and oxygen atoms in total. The monoisotopic (exact) mass is 258 g/mol. The van der Waals surface area contributed by atoms with Crippen molar-refractivity contribution >= 4 is 11.5 Å². The minimum absolute atomic E-state index is 0.144. The molecule has 1 aromatic carbocycles. The number of hydrogen-bond donors (Lipinski definition) is 1. The number of para-hydroxylation sites is 1. The van der Waals surface area contributed by atoms with E-state index in [2.05, 4.69) is 41.1 Å². The van der Waals surface area contributed by atoms with Crippen LogP contribution in [0.5, 0.6) is 0 Å². The predicted octanol–water partition coefficient (Wildman–Crippen LogP) is 1.65. The number of likely N-dealkylation sites (tertiary alicyclic amines) is 1. The molecule has 2 heterocycles. The van der Waals surface area contributed by atoms with Crippen LogP contribution in [-0.4, -0.2) is 43.6 Å². The van der Waals surface area contributed by atoms with Crippen molar-refractivity contribution in [1.82, 2.24) is 4.90 Å². The second-order valence-corrected chi connectivity index (χ2v) is 5.47. The van der Waals surface area contributed by atoms with Crippen LogP contribution >= 0.6 is 0 Å². The second-order valence-electron chi connectivity index (χ2n) is 5.47. The van der Waals surface area contributed by atoms with Crippen molar-refractivity contribution in [3.63, 3.8) is 0 Å². The van der Waals surface area contributed by atoms with Crippen molar-refractivity contribution in [2.45, 2.75) is 25.4 Å². The molecule has 1 fully saturated rings. The number of anilines is 1. The van der Waals surface area contributed by atoms with Gasteiger partial charge >= 0.3 is 0 Å². The Morgan fingerprint density at radius 1 is 1.16 bits per heavy atom. The summed E-state index contributed by atoms with van der Waals surface area (Å²) in [5.74, 6) is 1.09. The molecule has 1 aromatic rings. The zero-order valence-electron chi connectivity index (χ0n) is 11.5. The third-order valence-electron chi connectivity index (χ3n) is 3.96. The van der Waals surface area contributed by atoms with Gasteiger partial charge in [0.1, 0.15) is 12.0 Å². The first-order valence-corrected chi connectivity index (χ1v) is 7.14. The smallest absolute Gasteiger partial charge is 0.134 e. The summed E-state index contributed by atoms with van der Waals surface area (Å²) in [6.07, 6.45) is 3.70. The molecule has 102 valence electrons. The number of benzodiazepines with no additional fused rings is 1. The summed E-state index contributed by atoms with van der Waals surface area (Å²) in [5, 5.41) is 0. The lowest BCUT2D eigenvalue weighted by molar-refractivity contribution is 0.341. The van der Waals surface area contributed by atoms with E-state index in [0.29, 0.717) is 0 Å². The van der Waals surface area contributed by atoms with E-state index in [4.69, 9.17) is 10.7 Å². The normalized spacial score (nSPS) is 23.7. The highest BCUT2D eigenvalue weighted by Crippen LogP contribution is 2.25. The van der Waals surface area contributed by atoms with Crippen LogP contribution in [0, 0.1) is 0 Å². The fourth-order valence-corrected chi connectivity index (χ4v) is 3.00. The van der Waals surface area contributed by atoms with Crippen LogP contribution < -0.4 is 10.6 Å². The van der Waals surface area contributed by atoms with E-state index in [9.17, 15) is 0 Å². The average Bonchev–Trinajstić information content (AvgIpc) is 2.57. The van der Waals surface area contributed by atoms with Crippen molar-refractivity contribution in [2.24, 2.45) is 10.7 Å². The lowest BCUT2D eigenvalue weighted by Crippen LogP contribution is -2.38. The summed E-state index contributed by atoms with van der Waals surface area (Å²) in [6, 6.07) is 8.49. The number of nitrogens with zero attached hydrogens (tertiary/aromatic N) is 3. The summed E-state index contributed by atoms with van der Waals surface area (Å²) < 4.78 is 0. The number of rotatable bonds is 0. The molecule has 2 N–H and O–H groups in total. The van der Waals surface area contributed by atoms with E-state index in [1.165, 1.54) is 30.5 Å². The van der Waals surface area contributed by atoms with Crippen molar-refractivity contribution < 1.29 is 0 Å². The first kappa shape index (κ1) is 12.5. The molecule has 1 unspecified atom stereocenters. The molecule has 0 aromatic heterocycles. The third-order valence-corrected chi connectivity index (χ3v) is 3.96. The zero-order valence-corrected chi connectivity index (χ0v) is 11.5. The molecule has 1 saturated heterocycles. The number of fused-ring (bicyclic) bond motifs is 1. The average molecular weight is 258 g/mol. The van der Waals surface area contributed by atoms with Gasteiger partial charge in [-0.2, -0.15) is 0 Å². The Kier molecular flexibility index (Phi) is 3.42. The van der Waals surface area contributed by atoms with Crippen molar-refractivity contribution in [1.29, 1.82) is 0 Å². The lowest BCUT2D eigenvalue weighted by atomic mass is 10.1. The third kappa shape index (κ3) is 2.45. The second kappa shape index (κ2) is 5.21. The fraction of sp³-hybridized carbons (Fsp3) is 0.533. The van der Waals surface area contributed by atoms with Crippen LogP contribution in [0.3, 0.4) is 0 Å². The quantitative estimate of drug-likeness (QED) is 0.769. The van der Waals surface area contributed by atoms with Crippen LogP contribution in [0.4, 0.5) is 5.69 Å². The van der Waals surface area contributed by atoms with Crippen LogP contribution in [0.2, 0.25) is 0 Å². The predicted molar refractivity (Wildman–Crippen MR) is 79.6 cm³/mol. The molecule has 2 aliphatic rings. The summed E-state index contributed by atoms with van der Waals surface area (Å²) in [4.78, 5) is 9.38. The molecule has 0 amide bonds. The van der Waals surface area contributed by atoms with E-state index >= 15 is 0 Å². The highest BCUT2D eigenvalue weighted by Gasteiger charge is 2.24. The Bertz CT molecular complexity index is 477. The van der Waals surface area contributed by atoms with Gasteiger partial charge in [-0.1, -0.05) is 12.1 Å². The number of nitrogens with two attached hydrogens (primary N) is 1. The first-order valence-electron chi connectivity index (χ1n) is 7.14. The van der Waals surface area contributed by atoms with Crippen molar-refractivity contribution in [3.8, 4) is 0 Å². The molecule has 3 rings (SSSR count). The van der Waals surface area contributed by atoms with Crippen LogP contribution in [0.25, 0.3) is 0 Å². The van der Waals surface area contributed by atoms with Gasteiger partial charge in [0.15, 0.2) is 0 Å². The maximum Gasteiger partial charge on any atom is 0.134 e. The number of amidine groups is 1. The summed E-state index contributed by atoms with van der Waals surface area (Å²) in [7, 11) is 2.09. The van der Waals surface area contributed by atoms with Gasteiger partial charge in [0.05, 0.1) is 6.54 Å². The lowest BCUT2D eigenvalue weighted by Gasteiger charge is -2.30. The minimum atomic E-state index is -0.144. The number of benzene rings is 1. The standard InChI is InChI=1S/C15H22N4/c1-18-11-14(16)17-15(19-9-5-2-6-10-19)12-7-3-4-8-13(12)18/h3-4,7-8,14H,2,5-6,9-11,16H2,1H3. The van der Waals surface area contributed by atoms with Gasteiger partial charge < -0.3 is 15.5 Å². The number of likely N-dealkylation sites (N-methyl/N-ethyl adjacent to an activating group) is 1. The Morgan fingerprint density at radius 3 is 2.68 bits per heavy atom. The van der Waals surface area contributed by atoms with E-state index in [-0.39, 0.29) is 6.17 Å². The van der Waals surface area contributed by atoms with Crippen LogP contribution in [0.1, 0.15) is 24.8 Å². The summed E-state index contributed by atoms with van der Waals surface area (Å²) >= 11 is 0. The maximum atomic E-state index is 6.15. The Hall–Kier alpha value is -1.55. The molecule has 4 heteroatoms. The van der Waals surface area contributed by atoms with Crippen LogP contribution in [-0.2, 0) is 0 Å². The topological polar surface area (TPSA) is 44.9 Å². The minimum Gasteiger partial charge on any atom is -0.371 e. The molecular formula is C15H22N4. The summed E-state index contributed by atoms with van der Waals surface area (Å²) in [6.45, 7) is 2.97. The molecule has 0 radical (unpaired) electrons. The molecular weight excluding hydrogens is 236 g/mol. The van der Waals surface area contributed by atoms with Crippen molar-refractivity contribution in [3.05, 3.63) is 29.8 Å². The highest BCUT2D eigenvalue weighted by atomic mass is 15.2. The first-order chi connectivity index (χ1) is 9.25. The zero-order chi connectivity index (χ0) is 13.2. The van der Waals surface area contributed by atoms with E-state index in [0.717, 1.165) is 25.5 Å². The fourth-order valence-electron chi connectivity index (χ4n) is 3.00. The Labute approximate surface area is 114 Å². The maximum absolute atomic E-state index is 6.15. The van der Waals surface area contributed by atoms with Gasteiger partial charge in [0.2, 0.25) is 0 Å². The van der Waals surface area contributed by atoms with Gasteiger partial charge in [0, 0.05) is 31.4 Å². The van der Waals surface area contributed by atoms with E-state index < -0.39 is 0 Å². The van der Waals surface area contributed by atoms with E-state index in [1.807, 2.05) is 0 Å². The largest absolute Gasteiger partial charge is 0.371 e. The molecule has 2 aliphatic heterocycles. The molecule has 19 heavy (non-hydrogen) atoms. The van der Waals surface area contributed by atoms with Crippen LogP contribution in [0.15, 0.2) is 29.3 Å². The van der Waals surface area contributed by atoms with Gasteiger partial charge in [-0.15, -0.1) is 0 Å². The number of piperidine rings is 1. The van der Waals surface area contributed by atoms with Gasteiger partial charge in [0.25, 0.3) is 0 Å². The molecule has 0 aliphatic carbocycles. The summed E-state index contributed by atoms with van der Waals surface area (Å²) in [5.41, 5.74) is 8.60. The van der Waals surface area contributed by atoms with E-state index in [1.54, 1.807) is 0 Å². The van der Waals surface area contributed by atoms with Gasteiger partial charge in [-0.3, -0.25) is 0 Å². The molecule has 0 saturated carbocycles. The molecule has 1 atom stereocenters. The SMILES string of the molecule is CN1CC(N)N=C(N2CCCCC2)c2ccccc21. The highest BCUT2D eigenvalue weighted by molar-refractivity contribution is 6.04. The molecule has 0 bridgehead atoms. The van der Waals surface area contributed by atoms with Gasteiger partial charge in [-0.25, -0.2) is 4.99 Å². The van der Waals surface area contributed by atoms with Gasteiger partial charge in [-0.05, 0) is 31.4 Å². The number of hydrogen-bond acceptors (Lipinski definition) is 4.